The highest BCUT2D eigenvalue weighted by atomic mass is 16.5. The fourth-order valence-corrected chi connectivity index (χ4v) is 6.35. The van der Waals surface area contributed by atoms with E-state index in [0.717, 1.165) is 36.8 Å². The summed E-state index contributed by atoms with van der Waals surface area (Å²) in [6.45, 7) is 3.50. The minimum Gasteiger partial charge on any atom is -0.493 e. The van der Waals surface area contributed by atoms with E-state index in [9.17, 15) is 4.79 Å². The SMILES string of the molecule is COc1cc2cnc(N3CCN(C(=O)C45COC6CC(CC64)C5)CC3)nc2cc1OC. The summed E-state index contributed by atoms with van der Waals surface area (Å²) < 4.78 is 16.8. The summed E-state index contributed by atoms with van der Waals surface area (Å²) in [5.41, 5.74) is 0.571. The van der Waals surface area contributed by atoms with Crippen LogP contribution in [0.25, 0.3) is 10.9 Å². The number of anilines is 1. The van der Waals surface area contributed by atoms with Gasteiger partial charge in [-0.25, -0.2) is 9.97 Å². The van der Waals surface area contributed by atoms with Crippen LogP contribution in [0.2, 0.25) is 0 Å². The number of amides is 1. The molecule has 4 unspecified atom stereocenters. The molecular formula is C23H28N4O4. The molecule has 6 rings (SSSR count). The van der Waals surface area contributed by atoms with Crippen molar-refractivity contribution >= 4 is 22.8 Å². The standard InChI is InChI=1S/C23H28N4O4/c1-29-19-9-15-12-24-22(25-17(15)10-20(19)30-2)27-5-3-26(4-6-27)21(28)23-11-14-7-16(23)18(8-14)31-13-23/h9-10,12,14,16,18H,3-8,11,13H2,1-2H3. The Bertz CT molecular complexity index is 1040. The van der Waals surface area contributed by atoms with Crippen LogP contribution in [0, 0.1) is 17.3 Å². The van der Waals surface area contributed by atoms with E-state index in [1.54, 1.807) is 14.2 Å². The van der Waals surface area contributed by atoms with Crippen molar-refractivity contribution in [1.29, 1.82) is 0 Å². The normalized spacial score (nSPS) is 31.5. The van der Waals surface area contributed by atoms with Gasteiger partial charge < -0.3 is 24.0 Å². The number of hydrogen-bond acceptors (Lipinski definition) is 7. The Morgan fingerprint density at radius 1 is 1.13 bits per heavy atom. The van der Waals surface area contributed by atoms with Crippen molar-refractivity contribution in [3.05, 3.63) is 18.3 Å². The number of aromatic nitrogens is 2. The van der Waals surface area contributed by atoms with Gasteiger partial charge in [-0.05, 0) is 31.2 Å². The molecule has 0 N–H and O–H groups in total. The molecule has 2 aromatic rings. The lowest BCUT2D eigenvalue weighted by atomic mass is 9.73. The lowest BCUT2D eigenvalue weighted by molar-refractivity contribution is -0.144. The minimum atomic E-state index is -0.245. The average Bonchev–Trinajstić information content (AvgIpc) is 3.44. The highest BCUT2D eigenvalue weighted by Crippen LogP contribution is 2.61. The number of piperazine rings is 1. The second kappa shape index (κ2) is 6.95. The van der Waals surface area contributed by atoms with Gasteiger partial charge in [0.25, 0.3) is 0 Å². The van der Waals surface area contributed by atoms with Gasteiger partial charge in [-0.1, -0.05) is 0 Å². The van der Waals surface area contributed by atoms with Crippen LogP contribution in [0.15, 0.2) is 18.3 Å². The van der Waals surface area contributed by atoms with E-state index in [1.165, 1.54) is 6.42 Å². The molecule has 4 fully saturated rings. The number of methoxy groups -OCH3 is 2. The Labute approximate surface area is 181 Å². The van der Waals surface area contributed by atoms with Gasteiger partial charge in [0.2, 0.25) is 11.9 Å². The smallest absolute Gasteiger partial charge is 0.231 e. The monoisotopic (exact) mass is 424 g/mol. The van der Waals surface area contributed by atoms with Crippen LogP contribution in [0.1, 0.15) is 19.3 Å². The first-order valence-corrected chi connectivity index (χ1v) is 11.2. The topological polar surface area (TPSA) is 77.0 Å². The fraction of sp³-hybridized carbons (Fsp3) is 0.609. The second-order valence-electron chi connectivity index (χ2n) is 9.37. The molecule has 1 aromatic carbocycles. The zero-order valence-corrected chi connectivity index (χ0v) is 18.0. The van der Waals surface area contributed by atoms with Crippen LogP contribution in [0.3, 0.4) is 0 Å². The van der Waals surface area contributed by atoms with E-state index in [4.69, 9.17) is 19.2 Å². The van der Waals surface area contributed by atoms with Gasteiger partial charge in [0.05, 0.1) is 37.9 Å². The van der Waals surface area contributed by atoms with Crippen LogP contribution in [0.4, 0.5) is 5.95 Å². The van der Waals surface area contributed by atoms with Crippen LogP contribution in [-0.4, -0.2) is 73.9 Å². The number of benzene rings is 1. The number of fused-ring (bicyclic) bond motifs is 2. The van der Waals surface area contributed by atoms with Gasteiger partial charge in [0.1, 0.15) is 0 Å². The summed E-state index contributed by atoms with van der Waals surface area (Å²) in [5, 5.41) is 0.904. The fourth-order valence-electron chi connectivity index (χ4n) is 6.35. The molecule has 4 aliphatic rings. The molecule has 31 heavy (non-hydrogen) atoms. The van der Waals surface area contributed by atoms with E-state index in [0.29, 0.717) is 61.0 Å². The predicted octanol–water partition coefficient (Wildman–Crippen LogP) is 2.11. The Morgan fingerprint density at radius 2 is 1.90 bits per heavy atom. The van der Waals surface area contributed by atoms with Crippen LogP contribution in [-0.2, 0) is 9.53 Å². The first kappa shape index (κ1) is 19.1. The van der Waals surface area contributed by atoms with Crippen molar-refractivity contribution in [2.45, 2.75) is 25.4 Å². The van der Waals surface area contributed by atoms with Gasteiger partial charge in [-0.15, -0.1) is 0 Å². The van der Waals surface area contributed by atoms with Crippen LogP contribution >= 0.6 is 0 Å². The first-order valence-electron chi connectivity index (χ1n) is 11.2. The number of nitrogens with zero attached hydrogens (tertiary/aromatic N) is 4. The van der Waals surface area contributed by atoms with Gasteiger partial charge in [0.15, 0.2) is 11.5 Å². The molecule has 8 heteroatoms. The summed E-state index contributed by atoms with van der Waals surface area (Å²) >= 11 is 0. The maximum atomic E-state index is 13.5. The largest absolute Gasteiger partial charge is 0.493 e. The Morgan fingerprint density at radius 3 is 2.65 bits per heavy atom. The van der Waals surface area contributed by atoms with Crippen molar-refractivity contribution in [1.82, 2.24) is 14.9 Å². The van der Waals surface area contributed by atoms with Crippen molar-refractivity contribution < 1.29 is 19.0 Å². The van der Waals surface area contributed by atoms with E-state index in [-0.39, 0.29) is 5.41 Å². The first-order chi connectivity index (χ1) is 15.1. The summed E-state index contributed by atoms with van der Waals surface area (Å²) in [7, 11) is 3.24. The number of ether oxygens (including phenoxy) is 3. The zero-order valence-electron chi connectivity index (χ0n) is 18.0. The van der Waals surface area contributed by atoms with Gasteiger partial charge in [0, 0.05) is 49.7 Å². The van der Waals surface area contributed by atoms with E-state index < -0.39 is 0 Å². The number of rotatable bonds is 4. The molecule has 2 aliphatic heterocycles. The van der Waals surface area contributed by atoms with E-state index >= 15 is 0 Å². The summed E-state index contributed by atoms with van der Waals surface area (Å²) in [5.74, 6) is 3.45. The van der Waals surface area contributed by atoms with Crippen molar-refractivity contribution in [3.8, 4) is 11.5 Å². The molecule has 1 aromatic heterocycles. The molecule has 2 saturated heterocycles. The highest BCUT2D eigenvalue weighted by Gasteiger charge is 2.65. The van der Waals surface area contributed by atoms with Gasteiger partial charge in [-0.3, -0.25) is 4.79 Å². The molecule has 2 bridgehead atoms. The molecule has 164 valence electrons. The summed E-state index contributed by atoms with van der Waals surface area (Å²) in [6, 6.07) is 3.77. The maximum absolute atomic E-state index is 13.5. The molecule has 8 nitrogen and oxygen atoms in total. The van der Waals surface area contributed by atoms with Crippen LogP contribution in [0.5, 0.6) is 11.5 Å². The average molecular weight is 425 g/mol. The van der Waals surface area contributed by atoms with E-state index in [1.807, 2.05) is 18.3 Å². The van der Waals surface area contributed by atoms with Crippen molar-refractivity contribution in [2.24, 2.45) is 17.3 Å². The van der Waals surface area contributed by atoms with Gasteiger partial charge >= 0.3 is 0 Å². The third kappa shape index (κ3) is 2.80. The Kier molecular flexibility index (Phi) is 4.28. The number of carbonyl (C=O) groups excluding carboxylic acids is 1. The lowest BCUT2D eigenvalue weighted by Gasteiger charge is -2.40. The summed E-state index contributed by atoms with van der Waals surface area (Å²) in [4.78, 5) is 27.0. The third-order valence-corrected chi connectivity index (χ3v) is 7.87. The highest BCUT2D eigenvalue weighted by molar-refractivity contribution is 5.85. The predicted molar refractivity (Wildman–Crippen MR) is 114 cm³/mol. The molecule has 2 saturated carbocycles. The third-order valence-electron chi connectivity index (χ3n) is 7.87. The Hall–Kier alpha value is -2.61. The minimum absolute atomic E-state index is 0.245. The van der Waals surface area contributed by atoms with E-state index in [2.05, 4.69) is 14.8 Å². The molecule has 0 radical (unpaired) electrons. The quantitative estimate of drug-likeness (QED) is 0.744. The second-order valence-corrected chi connectivity index (χ2v) is 9.37. The zero-order chi connectivity index (χ0) is 21.2. The molecule has 0 spiro atoms. The molecule has 4 atom stereocenters. The lowest BCUT2D eigenvalue weighted by Crippen LogP contribution is -2.55. The Balaban J connectivity index is 1.17. The number of hydrogen-bond donors (Lipinski definition) is 0. The van der Waals surface area contributed by atoms with Crippen LogP contribution < -0.4 is 14.4 Å². The molecule has 1 amide bonds. The van der Waals surface area contributed by atoms with Gasteiger partial charge in [-0.2, -0.15) is 0 Å². The van der Waals surface area contributed by atoms with Crippen molar-refractivity contribution in [2.75, 3.05) is 51.9 Å². The number of carbonyl (C=O) groups is 1. The van der Waals surface area contributed by atoms with Crippen molar-refractivity contribution in [3.63, 3.8) is 0 Å². The molecule has 2 aliphatic carbocycles. The summed E-state index contributed by atoms with van der Waals surface area (Å²) in [6.07, 6.45) is 5.50. The molecule has 3 heterocycles. The maximum Gasteiger partial charge on any atom is 0.231 e. The molecular weight excluding hydrogens is 396 g/mol.